The molecule has 2 N–H and O–H groups in total. The minimum absolute atomic E-state index is 1.25. The molecule has 2 fully saturated rings. The molecule has 0 atom stereocenters. The highest BCUT2D eigenvalue weighted by Crippen LogP contribution is 1.97. The summed E-state index contributed by atoms with van der Waals surface area (Å²) in [4.78, 5) is 0. The lowest BCUT2D eigenvalue weighted by molar-refractivity contribution is 0.520. The van der Waals surface area contributed by atoms with Crippen LogP contribution in [-0.2, 0) is 0 Å². The summed E-state index contributed by atoms with van der Waals surface area (Å²) in [6.07, 6.45) is 11.6. The van der Waals surface area contributed by atoms with E-state index in [0.29, 0.717) is 0 Å². The largest absolute Gasteiger partial charge is 0.317 e. The first-order valence-electron chi connectivity index (χ1n) is 7.00. The van der Waals surface area contributed by atoms with Crippen molar-refractivity contribution in [2.75, 3.05) is 26.2 Å². The standard InChI is InChI=1S/2C5H11N.C3H3N3/c3*1-2-4-6-5-3-1/h2*6H,1-5H2;1-3H. The smallest absolute Gasteiger partial charge is 0.0529 e. The first-order chi connectivity index (χ1) is 9.00. The van der Waals surface area contributed by atoms with Gasteiger partial charge in [-0.15, -0.1) is 10.2 Å². The number of rotatable bonds is 0. The van der Waals surface area contributed by atoms with Crippen molar-refractivity contribution in [1.29, 1.82) is 0 Å². The Morgan fingerprint density at radius 2 is 1.06 bits per heavy atom. The monoisotopic (exact) mass is 251 g/mol. The van der Waals surface area contributed by atoms with E-state index < -0.39 is 0 Å². The summed E-state index contributed by atoms with van der Waals surface area (Å²) in [5.74, 6) is 0. The van der Waals surface area contributed by atoms with Gasteiger partial charge in [0.1, 0.15) is 0 Å². The maximum Gasteiger partial charge on any atom is 0.0529 e. The minimum atomic E-state index is 1.25. The molecule has 2 aliphatic rings. The molecule has 0 radical (unpaired) electrons. The van der Waals surface area contributed by atoms with Crippen molar-refractivity contribution in [3.8, 4) is 0 Å². The van der Waals surface area contributed by atoms with Crippen molar-refractivity contribution in [2.45, 2.75) is 38.5 Å². The van der Waals surface area contributed by atoms with Crippen LogP contribution in [0.4, 0.5) is 0 Å². The summed E-state index contributed by atoms with van der Waals surface area (Å²) in [6, 6.07) is 1.72. The Balaban J connectivity index is 0.000000135. The molecule has 1 aromatic rings. The zero-order chi connectivity index (χ0) is 12.7. The highest BCUT2D eigenvalue weighted by Gasteiger charge is 1.94. The third-order valence-electron chi connectivity index (χ3n) is 2.82. The van der Waals surface area contributed by atoms with Gasteiger partial charge in [0.15, 0.2) is 0 Å². The zero-order valence-electron chi connectivity index (χ0n) is 11.1. The number of nitrogens with zero attached hydrogens (tertiary/aromatic N) is 3. The third-order valence-corrected chi connectivity index (χ3v) is 2.82. The van der Waals surface area contributed by atoms with Gasteiger partial charge in [0.05, 0.1) is 12.4 Å². The third kappa shape index (κ3) is 10.1. The number of hydrogen-bond donors (Lipinski definition) is 2. The van der Waals surface area contributed by atoms with E-state index in [1.165, 1.54) is 64.7 Å². The van der Waals surface area contributed by atoms with Crippen LogP contribution in [0.5, 0.6) is 0 Å². The fourth-order valence-corrected chi connectivity index (χ4v) is 1.81. The van der Waals surface area contributed by atoms with Crippen LogP contribution in [0.3, 0.4) is 0 Å². The van der Waals surface area contributed by atoms with E-state index in [-0.39, 0.29) is 0 Å². The van der Waals surface area contributed by atoms with Gasteiger partial charge < -0.3 is 10.6 Å². The molecule has 2 aliphatic heterocycles. The molecular formula is C13H25N5. The second kappa shape index (κ2) is 12.4. The lowest BCUT2D eigenvalue weighted by Crippen LogP contribution is -2.21. The molecule has 1 aromatic heterocycles. The molecule has 5 heteroatoms. The minimum Gasteiger partial charge on any atom is -0.317 e. The molecule has 102 valence electrons. The molecule has 3 rings (SSSR count). The van der Waals surface area contributed by atoms with Crippen molar-refractivity contribution < 1.29 is 0 Å². The summed E-state index contributed by atoms with van der Waals surface area (Å²) < 4.78 is 0. The average molecular weight is 251 g/mol. The summed E-state index contributed by atoms with van der Waals surface area (Å²) in [7, 11) is 0. The van der Waals surface area contributed by atoms with Gasteiger partial charge in [0.2, 0.25) is 0 Å². The molecule has 0 bridgehead atoms. The molecule has 5 nitrogen and oxygen atoms in total. The van der Waals surface area contributed by atoms with Crippen LogP contribution in [0.25, 0.3) is 0 Å². The van der Waals surface area contributed by atoms with Crippen molar-refractivity contribution in [1.82, 2.24) is 26.0 Å². The molecule has 0 aromatic carbocycles. The molecule has 0 unspecified atom stereocenters. The van der Waals surface area contributed by atoms with Crippen molar-refractivity contribution >= 4 is 0 Å². The fourth-order valence-electron chi connectivity index (χ4n) is 1.81. The Morgan fingerprint density at radius 3 is 1.17 bits per heavy atom. The van der Waals surface area contributed by atoms with Crippen molar-refractivity contribution in [2.24, 2.45) is 0 Å². The Bertz CT molecular complexity index is 185. The number of hydrogen-bond acceptors (Lipinski definition) is 5. The molecule has 0 amide bonds. The normalized spacial score (nSPS) is 18.7. The summed E-state index contributed by atoms with van der Waals surface area (Å²) in [6.45, 7) is 5.00. The fraction of sp³-hybridized carbons (Fsp3) is 0.769. The quantitative estimate of drug-likeness (QED) is 0.729. The first-order valence-corrected chi connectivity index (χ1v) is 7.00. The second-order valence-corrected chi connectivity index (χ2v) is 4.43. The Hall–Kier alpha value is -1.07. The van der Waals surface area contributed by atoms with E-state index in [1.54, 1.807) is 18.5 Å². The lowest BCUT2D eigenvalue weighted by Gasteiger charge is -2.08. The molecule has 0 spiro atoms. The number of nitrogens with one attached hydrogen (secondary N) is 2. The van der Waals surface area contributed by atoms with Gasteiger partial charge in [-0.05, 0) is 63.1 Å². The summed E-state index contributed by atoms with van der Waals surface area (Å²) >= 11 is 0. The lowest BCUT2D eigenvalue weighted by atomic mass is 10.2. The molecule has 0 saturated carbocycles. The molecule has 0 aliphatic carbocycles. The van der Waals surface area contributed by atoms with Crippen LogP contribution in [-0.4, -0.2) is 41.6 Å². The molecular weight excluding hydrogens is 226 g/mol. The van der Waals surface area contributed by atoms with Crippen molar-refractivity contribution in [3.05, 3.63) is 18.5 Å². The van der Waals surface area contributed by atoms with Crippen LogP contribution in [0.15, 0.2) is 18.5 Å². The van der Waals surface area contributed by atoms with Gasteiger partial charge in [-0.25, -0.2) is 0 Å². The maximum absolute atomic E-state index is 3.42. The molecule has 18 heavy (non-hydrogen) atoms. The van der Waals surface area contributed by atoms with Gasteiger partial charge in [0, 0.05) is 0 Å². The Morgan fingerprint density at radius 1 is 0.611 bits per heavy atom. The number of aromatic nitrogens is 3. The second-order valence-electron chi connectivity index (χ2n) is 4.43. The molecule has 3 heterocycles. The number of piperidine rings is 2. The molecule has 2 saturated heterocycles. The highest BCUT2D eigenvalue weighted by atomic mass is 15.3. The zero-order valence-corrected chi connectivity index (χ0v) is 11.1. The summed E-state index contributed by atoms with van der Waals surface area (Å²) in [5, 5.41) is 16.7. The van der Waals surface area contributed by atoms with Crippen molar-refractivity contribution in [3.63, 3.8) is 0 Å². The van der Waals surface area contributed by atoms with Crippen LogP contribution in [0.2, 0.25) is 0 Å². The predicted octanol–water partition coefficient (Wildman–Crippen LogP) is 1.39. The van der Waals surface area contributed by atoms with E-state index in [9.17, 15) is 0 Å². The Labute approximate surface area is 110 Å². The van der Waals surface area contributed by atoms with Crippen LogP contribution in [0, 0.1) is 0 Å². The SMILES string of the molecule is C1CCNCC1.C1CCNCC1.c1cnnnc1. The highest BCUT2D eigenvalue weighted by molar-refractivity contribution is 4.69. The van der Waals surface area contributed by atoms with Gasteiger partial charge in [-0.3, -0.25) is 0 Å². The van der Waals surface area contributed by atoms with E-state index in [2.05, 4.69) is 26.0 Å². The van der Waals surface area contributed by atoms with E-state index in [1.807, 2.05) is 0 Å². The van der Waals surface area contributed by atoms with Gasteiger partial charge in [-0.2, -0.15) is 0 Å². The van der Waals surface area contributed by atoms with E-state index in [4.69, 9.17) is 0 Å². The van der Waals surface area contributed by atoms with E-state index in [0.717, 1.165) is 0 Å². The predicted molar refractivity (Wildman–Crippen MR) is 73.3 cm³/mol. The van der Waals surface area contributed by atoms with Gasteiger partial charge in [0.25, 0.3) is 0 Å². The van der Waals surface area contributed by atoms with Crippen LogP contribution in [0.1, 0.15) is 38.5 Å². The van der Waals surface area contributed by atoms with Crippen LogP contribution < -0.4 is 10.6 Å². The maximum atomic E-state index is 3.42. The average Bonchev–Trinajstić information content (AvgIpc) is 2.54. The van der Waals surface area contributed by atoms with Gasteiger partial charge in [-0.1, -0.05) is 12.8 Å². The van der Waals surface area contributed by atoms with Crippen LogP contribution >= 0.6 is 0 Å². The topological polar surface area (TPSA) is 62.7 Å². The Kier molecular flexibility index (Phi) is 10.3. The summed E-state index contributed by atoms with van der Waals surface area (Å²) in [5.41, 5.74) is 0. The first kappa shape index (κ1) is 15.0. The van der Waals surface area contributed by atoms with E-state index >= 15 is 0 Å². The van der Waals surface area contributed by atoms with Gasteiger partial charge >= 0.3 is 0 Å².